The Morgan fingerprint density at radius 3 is 2.83 bits per heavy atom. The Bertz CT molecular complexity index is 769. The molecule has 29 heavy (non-hydrogen) atoms. The van der Waals surface area contributed by atoms with E-state index in [2.05, 4.69) is 23.7 Å². The lowest BCUT2D eigenvalue weighted by Crippen LogP contribution is -2.27. The monoisotopic (exact) mass is 417 g/mol. The van der Waals surface area contributed by atoms with Gasteiger partial charge >= 0.3 is 5.97 Å². The number of rotatable bonds is 8. The first-order valence-corrected chi connectivity index (χ1v) is 11.1. The van der Waals surface area contributed by atoms with Gasteiger partial charge in [-0.1, -0.05) is 25.0 Å². The predicted molar refractivity (Wildman–Crippen MR) is 118 cm³/mol. The van der Waals surface area contributed by atoms with Gasteiger partial charge in [-0.15, -0.1) is 29.5 Å². The first-order valence-electron chi connectivity index (χ1n) is 10.1. The van der Waals surface area contributed by atoms with Crippen molar-refractivity contribution < 1.29 is 20.1 Å². The van der Waals surface area contributed by atoms with Crippen molar-refractivity contribution in [1.82, 2.24) is 0 Å². The van der Waals surface area contributed by atoms with Crippen LogP contribution in [0.5, 0.6) is 0 Å². The van der Waals surface area contributed by atoms with E-state index in [1.54, 1.807) is 31.7 Å². The lowest BCUT2D eigenvalue weighted by molar-refractivity contribution is -0.137. The molecule has 2 rings (SSSR count). The highest BCUT2D eigenvalue weighted by molar-refractivity contribution is 8.13. The summed E-state index contributed by atoms with van der Waals surface area (Å²) in [4.78, 5) is 15.6. The van der Waals surface area contributed by atoms with Crippen LogP contribution in [0.1, 0.15) is 52.9 Å². The van der Waals surface area contributed by atoms with Gasteiger partial charge in [0.1, 0.15) is 5.54 Å². The normalized spacial score (nSPS) is 30.0. The maximum Gasteiger partial charge on any atom is 0.303 e. The van der Waals surface area contributed by atoms with Gasteiger partial charge < -0.3 is 15.3 Å². The number of aliphatic carboxylic acids is 1. The van der Waals surface area contributed by atoms with Gasteiger partial charge in [0.15, 0.2) is 0 Å². The maximum absolute atomic E-state index is 10.7. The minimum absolute atomic E-state index is 0.0256. The standard InChI is InChI=1S/C23H31NO4S/c1-4-6-8-16(3)19(25)11-10-17-18-14-21(29-13-7-9-22(27)28)24-23(18,12-5-2)15-20(17)26/h10-11,16-20,25-26H,7-9,13-15H2,1-3H3,(H,27,28)/b11-10+. The molecule has 6 unspecified atom stereocenters. The van der Waals surface area contributed by atoms with E-state index in [1.165, 1.54) is 0 Å². The van der Waals surface area contributed by atoms with Crippen molar-refractivity contribution in [3.8, 4) is 23.7 Å². The highest BCUT2D eigenvalue weighted by Gasteiger charge is 2.55. The minimum atomic E-state index is -0.782. The first-order chi connectivity index (χ1) is 13.8. The van der Waals surface area contributed by atoms with Crippen molar-refractivity contribution in [2.24, 2.45) is 22.7 Å². The highest BCUT2D eigenvalue weighted by atomic mass is 32.2. The minimum Gasteiger partial charge on any atom is -0.481 e. The van der Waals surface area contributed by atoms with Crippen LogP contribution in [0.25, 0.3) is 0 Å². The fraction of sp³-hybridized carbons (Fsp3) is 0.652. The van der Waals surface area contributed by atoms with E-state index in [9.17, 15) is 15.0 Å². The number of aliphatic hydroxyl groups is 2. The predicted octanol–water partition coefficient (Wildman–Crippen LogP) is 3.11. The molecule has 3 N–H and O–H groups in total. The molecule has 1 heterocycles. The number of hydrogen-bond donors (Lipinski definition) is 3. The fourth-order valence-corrected chi connectivity index (χ4v) is 5.10. The van der Waals surface area contributed by atoms with Crippen LogP contribution in [0.4, 0.5) is 0 Å². The summed E-state index contributed by atoms with van der Waals surface area (Å²) in [5, 5.41) is 30.8. The molecule has 5 nitrogen and oxygen atoms in total. The number of thioether (sulfide) groups is 1. The van der Waals surface area contributed by atoms with Gasteiger partial charge in [0, 0.05) is 37.5 Å². The number of carbonyl (C=O) groups is 1. The van der Waals surface area contributed by atoms with Crippen LogP contribution >= 0.6 is 11.8 Å². The van der Waals surface area contributed by atoms with Crippen LogP contribution in [0.15, 0.2) is 17.1 Å². The molecule has 1 aliphatic heterocycles. The Balaban J connectivity index is 2.07. The molecule has 1 fully saturated rings. The Morgan fingerprint density at radius 2 is 2.17 bits per heavy atom. The summed E-state index contributed by atoms with van der Waals surface area (Å²) >= 11 is 1.60. The van der Waals surface area contributed by atoms with Crippen molar-refractivity contribution in [3.63, 3.8) is 0 Å². The molecule has 2 aliphatic rings. The summed E-state index contributed by atoms with van der Waals surface area (Å²) in [5.74, 6) is 12.0. The van der Waals surface area contributed by atoms with Gasteiger partial charge in [0.25, 0.3) is 0 Å². The third-order valence-electron chi connectivity index (χ3n) is 5.62. The van der Waals surface area contributed by atoms with Gasteiger partial charge in [-0.25, -0.2) is 0 Å². The number of hydrogen-bond acceptors (Lipinski definition) is 5. The number of fused-ring (bicyclic) bond motifs is 1. The lowest BCUT2D eigenvalue weighted by atomic mass is 9.83. The Morgan fingerprint density at radius 1 is 1.41 bits per heavy atom. The first kappa shape index (κ1) is 23.5. The van der Waals surface area contributed by atoms with Crippen molar-refractivity contribution >= 4 is 22.8 Å². The molecule has 0 radical (unpaired) electrons. The molecular formula is C23H31NO4S. The second kappa shape index (κ2) is 10.9. The van der Waals surface area contributed by atoms with Crippen molar-refractivity contribution in [3.05, 3.63) is 12.2 Å². The average Bonchev–Trinajstić information content (AvgIpc) is 3.12. The molecule has 0 spiro atoms. The second-order valence-electron chi connectivity index (χ2n) is 7.79. The van der Waals surface area contributed by atoms with E-state index in [0.29, 0.717) is 25.0 Å². The van der Waals surface area contributed by atoms with Crippen molar-refractivity contribution in [1.29, 1.82) is 0 Å². The third kappa shape index (κ3) is 6.12. The summed E-state index contributed by atoms with van der Waals surface area (Å²) in [6.45, 7) is 5.53. The largest absolute Gasteiger partial charge is 0.481 e. The zero-order valence-electron chi connectivity index (χ0n) is 17.4. The fourth-order valence-electron chi connectivity index (χ4n) is 4.05. The van der Waals surface area contributed by atoms with E-state index in [0.717, 1.165) is 11.5 Å². The second-order valence-corrected chi connectivity index (χ2v) is 8.96. The topological polar surface area (TPSA) is 90.1 Å². The molecular weight excluding hydrogens is 386 g/mol. The molecule has 6 atom stereocenters. The van der Waals surface area contributed by atoms with Crippen LogP contribution in [-0.4, -0.2) is 49.8 Å². The number of nitrogens with zero attached hydrogens (tertiary/aromatic N) is 1. The zero-order chi connectivity index (χ0) is 21.4. The van der Waals surface area contributed by atoms with Gasteiger partial charge in [0.2, 0.25) is 0 Å². The molecule has 0 amide bonds. The smallest absolute Gasteiger partial charge is 0.303 e. The van der Waals surface area contributed by atoms with E-state index in [4.69, 9.17) is 10.1 Å². The number of aliphatic imine (C=N–C) groups is 1. The third-order valence-corrected chi connectivity index (χ3v) is 6.70. The van der Waals surface area contributed by atoms with Gasteiger partial charge in [-0.05, 0) is 31.9 Å². The Labute approximate surface area is 178 Å². The van der Waals surface area contributed by atoms with E-state index >= 15 is 0 Å². The van der Waals surface area contributed by atoms with Gasteiger partial charge in [-0.3, -0.25) is 9.79 Å². The van der Waals surface area contributed by atoms with Gasteiger partial charge in [-0.2, -0.15) is 0 Å². The summed E-state index contributed by atoms with van der Waals surface area (Å²) in [7, 11) is 0. The van der Waals surface area contributed by atoms with Crippen LogP contribution in [0.2, 0.25) is 0 Å². The van der Waals surface area contributed by atoms with E-state index in [-0.39, 0.29) is 24.2 Å². The number of aliphatic hydroxyl groups excluding tert-OH is 2. The summed E-state index contributed by atoms with van der Waals surface area (Å²) < 4.78 is 0. The molecule has 0 aromatic carbocycles. The molecule has 6 heteroatoms. The zero-order valence-corrected chi connectivity index (χ0v) is 18.2. The SMILES string of the molecule is CC#CCC(C)C(O)/C=C/C1C(O)CC2(C#CC)N=C(SCCCC(=O)O)CC12. The molecule has 1 aliphatic carbocycles. The molecule has 0 bridgehead atoms. The average molecular weight is 418 g/mol. The molecule has 0 aromatic rings. The Hall–Kier alpha value is -1.73. The van der Waals surface area contributed by atoms with Crippen molar-refractivity contribution in [2.75, 3.05) is 5.75 Å². The van der Waals surface area contributed by atoms with Crippen LogP contribution in [0.3, 0.4) is 0 Å². The van der Waals surface area contributed by atoms with E-state index in [1.807, 2.05) is 13.0 Å². The highest BCUT2D eigenvalue weighted by Crippen LogP contribution is 2.50. The van der Waals surface area contributed by atoms with E-state index < -0.39 is 23.7 Å². The molecule has 158 valence electrons. The molecule has 1 saturated carbocycles. The van der Waals surface area contributed by atoms with Crippen LogP contribution in [0, 0.1) is 41.4 Å². The van der Waals surface area contributed by atoms with Crippen molar-refractivity contribution in [2.45, 2.75) is 70.6 Å². The summed E-state index contributed by atoms with van der Waals surface area (Å²) in [6, 6.07) is 0. The summed E-state index contributed by atoms with van der Waals surface area (Å²) in [5.41, 5.74) is -0.581. The van der Waals surface area contributed by atoms with Gasteiger partial charge in [0.05, 0.1) is 17.3 Å². The maximum atomic E-state index is 10.7. The number of carboxylic acid groups (broad SMARTS) is 1. The lowest BCUT2D eigenvalue weighted by Gasteiger charge is -2.22. The quantitative estimate of drug-likeness (QED) is 0.321. The Kier molecular flexibility index (Phi) is 8.83. The van der Waals surface area contributed by atoms with Crippen LogP contribution < -0.4 is 0 Å². The summed E-state index contributed by atoms with van der Waals surface area (Å²) in [6.07, 6.45) is 5.17. The molecule has 0 aromatic heterocycles. The number of carboxylic acids is 1. The molecule has 0 saturated heterocycles. The van der Waals surface area contributed by atoms with Crippen LogP contribution in [-0.2, 0) is 4.79 Å².